The quantitative estimate of drug-likeness (QED) is 0.888. The first-order valence-corrected chi connectivity index (χ1v) is 6.34. The third kappa shape index (κ3) is 2.60. The van der Waals surface area contributed by atoms with E-state index in [1.807, 2.05) is 0 Å². The van der Waals surface area contributed by atoms with Crippen molar-refractivity contribution < 1.29 is 13.2 Å². The maximum absolute atomic E-state index is 12.4. The first-order valence-electron chi connectivity index (χ1n) is 6.34. The van der Waals surface area contributed by atoms with Crippen LogP contribution in [0.1, 0.15) is 31.2 Å². The summed E-state index contributed by atoms with van der Waals surface area (Å²) in [6, 6.07) is 2.93. The summed E-state index contributed by atoms with van der Waals surface area (Å²) in [5.74, 6) is 1.95. The lowest BCUT2D eigenvalue weighted by Crippen LogP contribution is -2.24. The second kappa shape index (κ2) is 4.14. The Morgan fingerprint density at radius 2 is 1.72 bits per heavy atom. The molecule has 18 heavy (non-hydrogen) atoms. The molecule has 0 saturated heterocycles. The van der Waals surface area contributed by atoms with Crippen molar-refractivity contribution in [3.05, 3.63) is 23.9 Å². The van der Waals surface area contributed by atoms with Crippen LogP contribution in [0.25, 0.3) is 0 Å². The Labute approximate surface area is 104 Å². The van der Waals surface area contributed by atoms with Gasteiger partial charge in [-0.1, -0.05) is 0 Å². The van der Waals surface area contributed by atoms with E-state index >= 15 is 0 Å². The second-order valence-electron chi connectivity index (χ2n) is 5.27. The van der Waals surface area contributed by atoms with Crippen molar-refractivity contribution in [2.45, 2.75) is 37.9 Å². The molecule has 0 unspecified atom stereocenters. The highest BCUT2D eigenvalue weighted by atomic mass is 19.4. The number of anilines is 1. The number of halogens is 3. The van der Waals surface area contributed by atoms with Gasteiger partial charge >= 0.3 is 6.18 Å². The number of aromatic nitrogens is 1. The minimum atomic E-state index is -4.31. The number of rotatable bonds is 4. The van der Waals surface area contributed by atoms with Gasteiger partial charge in [0.05, 0.1) is 5.56 Å². The minimum Gasteiger partial charge on any atom is -0.367 e. The molecule has 5 heteroatoms. The summed E-state index contributed by atoms with van der Waals surface area (Å²) in [6.45, 7) is 0. The molecule has 2 fully saturated rings. The van der Waals surface area contributed by atoms with Crippen LogP contribution in [0, 0.1) is 11.8 Å². The summed E-state index contributed by atoms with van der Waals surface area (Å²) in [4.78, 5) is 3.87. The largest absolute Gasteiger partial charge is 0.417 e. The summed E-state index contributed by atoms with van der Waals surface area (Å²) in [5, 5.41) is 3.30. The Balaban J connectivity index is 1.68. The van der Waals surface area contributed by atoms with E-state index in [1.165, 1.54) is 31.7 Å². The van der Waals surface area contributed by atoms with Crippen LogP contribution in [0.3, 0.4) is 0 Å². The lowest BCUT2D eigenvalue weighted by atomic mass is 10.1. The molecule has 1 heterocycles. The molecule has 3 rings (SSSR count). The van der Waals surface area contributed by atoms with E-state index < -0.39 is 11.7 Å². The molecule has 2 saturated carbocycles. The molecule has 2 nitrogen and oxygen atoms in total. The van der Waals surface area contributed by atoms with E-state index in [-0.39, 0.29) is 0 Å². The number of alkyl halides is 3. The van der Waals surface area contributed by atoms with Crippen LogP contribution < -0.4 is 5.32 Å². The van der Waals surface area contributed by atoms with E-state index in [2.05, 4.69) is 10.3 Å². The van der Waals surface area contributed by atoms with Crippen molar-refractivity contribution >= 4 is 5.82 Å². The molecule has 2 aliphatic rings. The first-order chi connectivity index (χ1) is 8.54. The fraction of sp³-hybridized carbons (Fsp3) is 0.615. The lowest BCUT2D eigenvalue weighted by molar-refractivity contribution is -0.137. The van der Waals surface area contributed by atoms with Crippen molar-refractivity contribution in [3.63, 3.8) is 0 Å². The molecule has 0 bridgehead atoms. The zero-order valence-corrected chi connectivity index (χ0v) is 9.87. The maximum atomic E-state index is 12.4. The Kier molecular flexibility index (Phi) is 2.72. The molecule has 1 N–H and O–H groups in total. The first kappa shape index (κ1) is 11.8. The van der Waals surface area contributed by atoms with Crippen molar-refractivity contribution in [1.82, 2.24) is 4.98 Å². The van der Waals surface area contributed by atoms with E-state index in [1.54, 1.807) is 0 Å². The molecule has 0 aliphatic heterocycles. The van der Waals surface area contributed by atoms with Crippen LogP contribution in [0.4, 0.5) is 19.0 Å². The van der Waals surface area contributed by atoms with Crippen LogP contribution >= 0.6 is 0 Å². The van der Waals surface area contributed by atoms with E-state index in [9.17, 15) is 13.2 Å². The fourth-order valence-corrected chi connectivity index (χ4v) is 2.35. The number of hydrogen-bond acceptors (Lipinski definition) is 2. The summed E-state index contributed by atoms with van der Waals surface area (Å²) < 4.78 is 37.2. The van der Waals surface area contributed by atoms with Gasteiger partial charge in [-0.2, -0.15) is 13.2 Å². The molecule has 1 aromatic rings. The van der Waals surface area contributed by atoms with E-state index in [0.717, 1.165) is 12.3 Å². The zero-order chi connectivity index (χ0) is 12.8. The van der Waals surface area contributed by atoms with E-state index in [4.69, 9.17) is 0 Å². The van der Waals surface area contributed by atoms with Gasteiger partial charge in [-0.15, -0.1) is 0 Å². The average molecular weight is 256 g/mol. The molecule has 0 atom stereocenters. The second-order valence-corrected chi connectivity index (χ2v) is 5.27. The molecular weight excluding hydrogens is 241 g/mol. The summed E-state index contributed by atoms with van der Waals surface area (Å²) in [5.41, 5.74) is -0.692. The highest BCUT2D eigenvalue weighted by Crippen LogP contribution is 2.45. The predicted octanol–water partition coefficient (Wildman–Crippen LogP) is 3.70. The van der Waals surface area contributed by atoms with Gasteiger partial charge in [-0.05, 0) is 49.7 Å². The molecule has 0 spiro atoms. The van der Waals surface area contributed by atoms with Crippen molar-refractivity contribution in [2.24, 2.45) is 11.8 Å². The topological polar surface area (TPSA) is 24.9 Å². The van der Waals surface area contributed by atoms with Gasteiger partial charge in [0.25, 0.3) is 0 Å². The number of nitrogens with zero attached hydrogens (tertiary/aromatic N) is 1. The summed E-state index contributed by atoms with van der Waals surface area (Å²) >= 11 is 0. The molecule has 0 radical (unpaired) electrons. The minimum absolute atomic E-state index is 0.411. The number of pyridine rings is 1. The third-order valence-corrected chi connectivity index (χ3v) is 3.67. The van der Waals surface area contributed by atoms with Gasteiger partial charge in [0.2, 0.25) is 0 Å². The van der Waals surface area contributed by atoms with Crippen LogP contribution in [0.5, 0.6) is 0 Å². The standard InChI is InChI=1S/C13H15F3N2/c14-13(15,16)10-5-6-11(17-7-10)18-12(8-1-2-8)9-3-4-9/h5-9,12H,1-4H2,(H,17,18). The van der Waals surface area contributed by atoms with E-state index in [0.29, 0.717) is 23.7 Å². The lowest BCUT2D eigenvalue weighted by Gasteiger charge is -2.18. The highest BCUT2D eigenvalue weighted by Gasteiger charge is 2.41. The smallest absolute Gasteiger partial charge is 0.367 e. The van der Waals surface area contributed by atoms with Crippen LogP contribution in [0.15, 0.2) is 18.3 Å². The van der Waals surface area contributed by atoms with Gasteiger partial charge in [-0.25, -0.2) is 4.98 Å². The van der Waals surface area contributed by atoms with Gasteiger partial charge < -0.3 is 5.32 Å². The third-order valence-electron chi connectivity index (χ3n) is 3.67. The summed E-state index contributed by atoms with van der Waals surface area (Å²) in [7, 11) is 0. The normalized spacial score (nSPS) is 20.2. The van der Waals surface area contributed by atoms with Crippen LogP contribution in [-0.4, -0.2) is 11.0 Å². The molecule has 2 aliphatic carbocycles. The molecule has 1 aromatic heterocycles. The Morgan fingerprint density at radius 1 is 1.11 bits per heavy atom. The Morgan fingerprint density at radius 3 is 2.11 bits per heavy atom. The monoisotopic (exact) mass is 256 g/mol. The Hall–Kier alpha value is -1.26. The molecule has 0 amide bonds. The van der Waals surface area contributed by atoms with Crippen LogP contribution in [0.2, 0.25) is 0 Å². The highest BCUT2D eigenvalue weighted by molar-refractivity contribution is 5.38. The Bertz CT molecular complexity index is 407. The number of nitrogens with one attached hydrogen (secondary N) is 1. The zero-order valence-electron chi connectivity index (χ0n) is 9.87. The van der Waals surface area contributed by atoms with Gasteiger partial charge in [0.15, 0.2) is 0 Å². The average Bonchev–Trinajstić information content (AvgIpc) is 3.16. The van der Waals surface area contributed by atoms with Crippen molar-refractivity contribution in [2.75, 3.05) is 5.32 Å². The summed E-state index contributed by atoms with van der Waals surface area (Å²) in [6.07, 6.45) is 1.52. The predicted molar refractivity (Wildman–Crippen MR) is 62.1 cm³/mol. The fourth-order valence-electron chi connectivity index (χ4n) is 2.35. The molecule has 0 aromatic carbocycles. The van der Waals surface area contributed by atoms with Gasteiger partial charge in [0.1, 0.15) is 5.82 Å². The van der Waals surface area contributed by atoms with Gasteiger partial charge in [0, 0.05) is 12.2 Å². The van der Waals surface area contributed by atoms with Crippen LogP contribution in [-0.2, 0) is 6.18 Å². The molecular formula is C13H15F3N2. The number of hydrogen-bond donors (Lipinski definition) is 1. The maximum Gasteiger partial charge on any atom is 0.417 e. The van der Waals surface area contributed by atoms with Crippen molar-refractivity contribution in [1.29, 1.82) is 0 Å². The SMILES string of the molecule is FC(F)(F)c1ccc(NC(C2CC2)C2CC2)nc1. The van der Waals surface area contributed by atoms with Gasteiger partial charge in [-0.3, -0.25) is 0 Å². The molecule has 98 valence electrons. The van der Waals surface area contributed by atoms with Crippen molar-refractivity contribution in [3.8, 4) is 0 Å².